The molecular weight excluding hydrogens is 797 g/mol. The highest BCUT2D eigenvalue weighted by Crippen LogP contribution is 2.43. The number of rotatable bonds is 38. The van der Waals surface area contributed by atoms with Crippen LogP contribution in [0.2, 0.25) is 0 Å². The van der Waals surface area contributed by atoms with Gasteiger partial charge in [-0.2, -0.15) is 0 Å². The fourth-order valence-electron chi connectivity index (χ4n) is 6.97. The molecule has 6 atom stereocenters. The van der Waals surface area contributed by atoms with Crippen LogP contribution in [-0.4, -0.2) is 103 Å². The van der Waals surface area contributed by atoms with Gasteiger partial charge in [-0.25, -0.2) is 4.57 Å². The Morgan fingerprint density at radius 1 is 0.770 bits per heavy atom. The zero-order valence-corrected chi connectivity index (χ0v) is 39.5. The zero-order chi connectivity index (χ0) is 45.2. The molecule has 0 aliphatic heterocycles. The molecule has 13 heteroatoms. The molecule has 0 aromatic rings. The van der Waals surface area contributed by atoms with Gasteiger partial charge in [-0.3, -0.25) is 23.4 Å². The number of phosphoric acid groups is 1. The monoisotopic (exact) mass is 883 g/mol. The second kappa shape index (κ2) is 35.0. The van der Waals surface area contributed by atoms with Crippen LogP contribution in [0.1, 0.15) is 162 Å². The van der Waals surface area contributed by atoms with Crippen molar-refractivity contribution in [1.82, 2.24) is 0 Å². The number of Topliss-reactive ketones (excluding diaryl/α,β-unsaturated/α-hetero) is 1. The largest absolute Gasteiger partial charge is 0.472 e. The van der Waals surface area contributed by atoms with E-state index in [9.17, 15) is 34.1 Å². The fourth-order valence-corrected chi connectivity index (χ4v) is 7.72. The first-order chi connectivity index (χ1) is 29.2. The first-order valence-electron chi connectivity index (χ1n) is 23.5. The summed E-state index contributed by atoms with van der Waals surface area (Å²) >= 11 is 0. The molecule has 0 aromatic carbocycles. The number of ketones is 1. The first kappa shape index (κ1) is 56.6. The van der Waals surface area contributed by atoms with Crippen LogP contribution in [0.15, 0.2) is 48.6 Å². The molecule has 1 aliphatic rings. The second-order valence-corrected chi connectivity index (χ2v) is 19.0. The molecule has 352 valence electrons. The molecule has 12 nitrogen and oxygen atoms in total. The lowest BCUT2D eigenvalue weighted by atomic mass is 9.88. The van der Waals surface area contributed by atoms with E-state index in [0.29, 0.717) is 36.7 Å². The molecule has 3 N–H and O–H groups in total. The minimum absolute atomic E-state index is 0.0133. The van der Waals surface area contributed by atoms with E-state index in [1.165, 1.54) is 19.3 Å². The SMILES string of the molecule is CCCCC/C=C\C/C=C\C/C=C\CCCCCCC(=O)O[C@H](COC(=O)CCCCCC[C@H]1C(=O)C[C@@H](O)[C@@H]1/C=C/[C@@H](O)CCCCC)COP(=O)(O)OCC[N+](C)(C)C. The lowest BCUT2D eigenvalue weighted by Crippen LogP contribution is -2.37. The minimum Gasteiger partial charge on any atom is -0.462 e. The van der Waals surface area contributed by atoms with Crippen LogP contribution in [0.5, 0.6) is 0 Å². The van der Waals surface area contributed by atoms with Crippen molar-refractivity contribution in [1.29, 1.82) is 0 Å². The molecule has 0 spiro atoms. The van der Waals surface area contributed by atoms with E-state index >= 15 is 0 Å². The van der Waals surface area contributed by atoms with E-state index < -0.39 is 44.7 Å². The summed E-state index contributed by atoms with van der Waals surface area (Å²) in [6.07, 6.45) is 33.4. The number of carbonyl (C=O) groups excluding carboxylic acids is 3. The van der Waals surface area contributed by atoms with Crippen LogP contribution in [0, 0.1) is 11.8 Å². The molecule has 0 bridgehead atoms. The number of phosphoric ester groups is 1. The summed E-state index contributed by atoms with van der Waals surface area (Å²) in [6.45, 7) is 3.99. The molecule has 1 rings (SSSR count). The molecular formula is C48H85NO11P+. The van der Waals surface area contributed by atoms with Crippen molar-refractivity contribution in [2.75, 3.05) is 47.5 Å². The maximum atomic E-state index is 12.8. The van der Waals surface area contributed by atoms with Gasteiger partial charge in [0.05, 0.1) is 40.0 Å². The predicted molar refractivity (Wildman–Crippen MR) is 244 cm³/mol. The van der Waals surface area contributed by atoms with E-state index in [2.05, 4.69) is 50.3 Å². The lowest BCUT2D eigenvalue weighted by molar-refractivity contribution is -0.870. The second-order valence-electron chi connectivity index (χ2n) is 17.6. The van der Waals surface area contributed by atoms with Crippen LogP contribution >= 0.6 is 7.82 Å². The van der Waals surface area contributed by atoms with E-state index in [4.69, 9.17) is 18.5 Å². The summed E-state index contributed by atoms with van der Waals surface area (Å²) in [7, 11) is 1.32. The van der Waals surface area contributed by atoms with Crippen molar-refractivity contribution < 1.29 is 57.1 Å². The molecule has 0 heterocycles. The van der Waals surface area contributed by atoms with Gasteiger partial charge in [-0.1, -0.05) is 127 Å². The van der Waals surface area contributed by atoms with E-state index in [1.807, 2.05) is 27.2 Å². The standard InChI is InChI=1S/C48H84NO11P/c1-6-8-10-11-12-13-14-15-16-17-18-19-20-21-22-23-29-33-48(54)60-42(40-59-61(55,56)58-37-36-49(3,4)5)39-57-47(53)32-28-25-24-27-31-43-44(46(52)38-45(43)51)35-34-41(50)30-26-9-7-2/h12-13,15-16,18-19,34-35,41-44,46,50,52H,6-11,14,17,20-33,36-40H2,1-5H3/p+1/b13-12-,16-15-,19-18-,35-34+/t41-,42+,43+,44+,46+/m0/s1. The number of allylic oxidation sites excluding steroid dienone is 6. The van der Waals surface area contributed by atoms with Crippen molar-refractivity contribution in [3.63, 3.8) is 0 Å². The number of esters is 2. The van der Waals surface area contributed by atoms with Gasteiger partial charge in [0.15, 0.2) is 6.10 Å². The number of ether oxygens (including phenoxy) is 2. The summed E-state index contributed by atoms with van der Waals surface area (Å²) in [4.78, 5) is 48.2. The smallest absolute Gasteiger partial charge is 0.462 e. The maximum Gasteiger partial charge on any atom is 0.472 e. The van der Waals surface area contributed by atoms with E-state index in [-0.39, 0.29) is 50.1 Å². The number of quaternary nitrogens is 1. The van der Waals surface area contributed by atoms with Crippen molar-refractivity contribution in [3.8, 4) is 0 Å². The number of hydrogen-bond acceptors (Lipinski definition) is 10. The number of aliphatic hydroxyl groups excluding tert-OH is 2. The van der Waals surface area contributed by atoms with Crippen molar-refractivity contribution in [2.24, 2.45) is 11.8 Å². The average Bonchev–Trinajstić information content (AvgIpc) is 3.47. The third-order valence-corrected chi connectivity index (χ3v) is 11.7. The Morgan fingerprint density at radius 3 is 1.98 bits per heavy atom. The Morgan fingerprint density at radius 2 is 1.34 bits per heavy atom. The number of hydrogen-bond donors (Lipinski definition) is 3. The number of aliphatic hydroxyl groups is 2. The molecule has 0 amide bonds. The molecule has 1 unspecified atom stereocenters. The Kier molecular flexibility index (Phi) is 32.4. The minimum atomic E-state index is -4.44. The number of nitrogens with zero attached hydrogens (tertiary/aromatic N) is 1. The summed E-state index contributed by atoms with van der Waals surface area (Å²) in [5.41, 5.74) is 0. The molecule has 1 saturated carbocycles. The maximum absolute atomic E-state index is 12.8. The van der Waals surface area contributed by atoms with E-state index in [0.717, 1.165) is 83.5 Å². The average molecular weight is 883 g/mol. The number of carbonyl (C=O) groups is 3. The lowest BCUT2D eigenvalue weighted by Gasteiger charge is -2.24. The molecule has 0 radical (unpaired) electrons. The van der Waals surface area contributed by atoms with Gasteiger partial charge in [-0.15, -0.1) is 0 Å². The first-order valence-corrected chi connectivity index (χ1v) is 25.0. The molecule has 1 aliphatic carbocycles. The quantitative estimate of drug-likeness (QED) is 0.0178. The molecule has 0 aromatic heterocycles. The molecule has 0 saturated heterocycles. The topological polar surface area (TPSA) is 166 Å². The van der Waals surface area contributed by atoms with Crippen LogP contribution in [-0.2, 0) is 37.5 Å². The Balaban J connectivity index is 2.47. The third kappa shape index (κ3) is 32.0. The van der Waals surface area contributed by atoms with Crippen LogP contribution in [0.4, 0.5) is 0 Å². The molecule has 1 fully saturated rings. The van der Waals surface area contributed by atoms with Gasteiger partial charge in [0, 0.05) is 31.1 Å². The van der Waals surface area contributed by atoms with Crippen LogP contribution in [0.3, 0.4) is 0 Å². The Labute approximate surface area is 369 Å². The summed E-state index contributed by atoms with van der Waals surface area (Å²) in [5, 5.41) is 20.8. The van der Waals surface area contributed by atoms with Gasteiger partial charge in [0.2, 0.25) is 0 Å². The van der Waals surface area contributed by atoms with Crippen LogP contribution < -0.4 is 0 Å². The summed E-state index contributed by atoms with van der Waals surface area (Å²) < 4.78 is 34.3. The normalized spacial score (nSPS) is 19.4. The number of likely N-dealkylation sites (N-methyl/N-ethyl adjacent to an activating group) is 1. The van der Waals surface area contributed by atoms with Crippen LogP contribution in [0.25, 0.3) is 0 Å². The van der Waals surface area contributed by atoms with Gasteiger partial charge in [0.25, 0.3) is 0 Å². The van der Waals surface area contributed by atoms with Gasteiger partial charge in [-0.05, 0) is 64.2 Å². The summed E-state index contributed by atoms with van der Waals surface area (Å²) in [6, 6.07) is 0. The van der Waals surface area contributed by atoms with E-state index in [1.54, 1.807) is 6.08 Å². The predicted octanol–water partition coefficient (Wildman–Crippen LogP) is 10.1. The van der Waals surface area contributed by atoms with Gasteiger partial charge < -0.3 is 29.1 Å². The zero-order valence-electron chi connectivity index (χ0n) is 38.6. The van der Waals surface area contributed by atoms with Crippen molar-refractivity contribution >= 4 is 25.5 Å². The molecule has 61 heavy (non-hydrogen) atoms. The third-order valence-electron chi connectivity index (χ3n) is 10.7. The number of unbranched alkanes of at least 4 members (excludes halogenated alkanes) is 12. The van der Waals surface area contributed by atoms with Crippen molar-refractivity contribution in [3.05, 3.63) is 48.6 Å². The van der Waals surface area contributed by atoms with Gasteiger partial charge in [0.1, 0.15) is 25.5 Å². The Hall–Kier alpha value is -2.44. The highest BCUT2D eigenvalue weighted by atomic mass is 31.2. The summed E-state index contributed by atoms with van der Waals surface area (Å²) in [5.74, 6) is -1.51. The highest BCUT2D eigenvalue weighted by molar-refractivity contribution is 7.47. The highest BCUT2D eigenvalue weighted by Gasteiger charge is 2.39. The Bertz CT molecular complexity index is 1340. The fraction of sp³-hybridized carbons (Fsp3) is 0.771. The van der Waals surface area contributed by atoms with Gasteiger partial charge >= 0.3 is 19.8 Å². The van der Waals surface area contributed by atoms with Crippen molar-refractivity contribution in [2.45, 2.75) is 180 Å².